The van der Waals surface area contributed by atoms with Gasteiger partial charge in [0.2, 0.25) is 0 Å². The zero-order chi connectivity index (χ0) is 12.4. The van der Waals surface area contributed by atoms with Crippen molar-refractivity contribution in [3.05, 3.63) is 57.8 Å². The number of aldehydes is 1. The maximum Gasteiger partial charge on any atom is 0.150 e. The molecule has 0 saturated carbocycles. The first-order valence-electron chi connectivity index (χ1n) is 4.82. The molecule has 0 bridgehead atoms. The summed E-state index contributed by atoms with van der Waals surface area (Å²) in [6, 6.07) is 9.03. The molecule has 1 nitrogen and oxygen atoms in total. The summed E-state index contributed by atoms with van der Waals surface area (Å²) in [5.41, 5.74) is 1.12. The lowest BCUT2D eigenvalue weighted by Crippen LogP contribution is -1.89. The van der Waals surface area contributed by atoms with Crippen molar-refractivity contribution in [3.63, 3.8) is 0 Å². The van der Waals surface area contributed by atoms with E-state index in [0.717, 1.165) is 0 Å². The highest BCUT2D eigenvalue weighted by molar-refractivity contribution is 6.43. The smallest absolute Gasteiger partial charge is 0.150 e. The summed E-state index contributed by atoms with van der Waals surface area (Å²) in [5.74, 6) is -0.445. The van der Waals surface area contributed by atoms with Crippen LogP contribution in [0.3, 0.4) is 0 Å². The largest absolute Gasteiger partial charge is 0.298 e. The third-order valence-corrected chi connectivity index (χ3v) is 3.19. The lowest BCUT2D eigenvalue weighted by atomic mass is 10.0. The predicted molar refractivity (Wildman–Crippen MR) is 67.2 cm³/mol. The van der Waals surface area contributed by atoms with E-state index in [1.165, 1.54) is 18.2 Å². The van der Waals surface area contributed by atoms with Gasteiger partial charge in [0.15, 0.2) is 0 Å². The molecule has 0 atom stereocenters. The van der Waals surface area contributed by atoms with Crippen molar-refractivity contribution in [2.75, 3.05) is 0 Å². The van der Waals surface area contributed by atoms with E-state index in [9.17, 15) is 9.18 Å². The summed E-state index contributed by atoms with van der Waals surface area (Å²) in [5, 5.41) is 0.621. The van der Waals surface area contributed by atoms with E-state index >= 15 is 0 Å². The van der Waals surface area contributed by atoms with Crippen LogP contribution in [0.1, 0.15) is 10.4 Å². The second kappa shape index (κ2) is 4.86. The first-order chi connectivity index (χ1) is 8.13. The number of hydrogen-bond donors (Lipinski definition) is 0. The Balaban J connectivity index is 2.67. The van der Waals surface area contributed by atoms with Gasteiger partial charge in [-0.25, -0.2) is 4.39 Å². The standard InChI is InChI=1S/C13H7Cl2FO/c14-11-3-1-2-9(13(11)15)10-6-8(7-17)4-5-12(10)16/h1-7H. The van der Waals surface area contributed by atoms with Crippen molar-refractivity contribution in [2.45, 2.75) is 0 Å². The Morgan fingerprint density at radius 3 is 2.53 bits per heavy atom. The Hall–Kier alpha value is -1.38. The lowest BCUT2D eigenvalue weighted by Gasteiger charge is -2.07. The van der Waals surface area contributed by atoms with Crippen LogP contribution >= 0.6 is 23.2 Å². The molecule has 0 heterocycles. The first-order valence-corrected chi connectivity index (χ1v) is 5.58. The molecule has 0 fully saturated rings. The second-order valence-electron chi connectivity index (χ2n) is 3.46. The second-order valence-corrected chi connectivity index (χ2v) is 4.24. The summed E-state index contributed by atoms with van der Waals surface area (Å²) in [6.45, 7) is 0. The number of hydrogen-bond acceptors (Lipinski definition) is 1. The number of rotatable bonds is 2. The fourth-order valence-electron chi connectivity index (χ4n) is 1.53. The molecule has 17 heavy (non-hydrogen) atoms. The van der Waals surface area contributed by atoms with E-state index in [1.54, 1.807) is 18.2 Å². The number of carbonyl (C=O) groups is 1. The Morgan fingerprint density at radius 2 is 1.82 bits per heavy atom. The van der Waals surface area contributed by atoms with Gasteiger partial charge in [-0.3, -0.25) is 4.79 Å². The zero-order valence-electron chi connectivity index (χ0n) is 8.58. The van der Waals surface area contributed by atoms with Crippen molar-refractivity contribution < 1.29 is 9.18 Å². The summed E-state index contributed by atoms with van der Waals surface area (Å²) in [6.07, 6.45) is 0.654. The highest BCUT2D eigenvalue weighted by atomic mass is 35.5. The van der Waals surface area contributed by atoms with E-state index in [1.807, 2.05) is 0 Å². The molecule has 0 aliphatic heterocycles. The molecule has 0 amide bonds. The average molecular weight is 269 g/mol. The molecule has 0 aromatic heterocycles. The van der Waals surface area contributed by atoms with Crippen LogP contribution in [0.4, 0.5) is 4.39 Å². The fraction of sp³-hybridized carbons (Fsp3) is 0. The molecule has 0 spiro atoms. The van der Waals surface area contributed by atoms with Crippen molar-refractivity contribution >= 4 is 29.5 Å². The maximum absolute atomic E-state index is 13.7. The van der Waals surface area contributed by atoms with E-state index in [0.29, 0.717) is 22.4 Å². The van der Waals surface area contributed by atoms with Crippen LogP contribution in [0.15, 0.2) is 36.4 Å². The highest BCUT2D eigenvalue weighted by Crippen LogP contribution is 2.34. The van der Waals surface area contributed by atoms with E-state index in [4.69, 9.17) is 23.2 Å². The van der Waals surface area contributed by atoms with Crippen LogP contribution in [-0.2, 0) is 0 Å². The number of carbonyl (C=O) groups excluding carboxylic acids is 1. The molecule has 0 N–H and O–H groups in total. The van der Waals surface area contributed by atoms with Crippen LogP contribution < -0.4 is 0 Å². The summed E-state index contributed by atoms with van der Waals surface area (Å²) < 4.78 is 13.7. The molecule has 2 rings (SSSR count). The van der Waals surface area contributed by atoms with Gasteiger partial charge in [-0.1, -0.05) is 35.3 Å². The lowest BCUT2D eigenvalue weighted by molar-refractivity contribution is 0.112. The van der Waals surface area contributed by atoms with Crippen LogP contribution in [0.25, 0.3) is 11.1 Å². The predicted octanol–water partition coefficient (Wildman–Crippen LogP) is 4.61. The highest BCUT2D eigenvalue weighted by Gasteiger charge is 2.11. The van der Waals surface area contributed by atoms with Crippen LogP contribution in [0.2, 0.25) is 10.0 Å². The first kappa shape index (κ1) is 12.1. The molecule has 86 valence electrons. The minimum atomic E-state index is -0.445. The molecule has 0 unspecified atom stereocenters. The van der Waals surface area contributed by atoms with E-state index < -0.39 is 5.82 Å². The fourth-order valence-corrected chi connectivity index (χ4v) is 1.94. The molecule has 4 heteroatoms. The number of benzene rings is 2. The average Bonchev–Trinajstić information content (AvgIpc) is 2.34. The molecule has 0 saturated heterocycles. The van der Waals surface area contributed by atoms with Crippen molar-refractivity contribution in [2.24, 2.45) is 0 Å². The number of halogens is 3. The van der Waals surface area contributed by atoms with Crippen molar-refractivity contribution in [1.29, 1.82) is 0 Å². The molecular weight excluding hydrogens is 262 g/mol. The van der Waals surface area contributed by atoms with Crippen LogP contribution in [0.5, 0.6) is 0 Å². The van der Waals surface area contributed by atoms with Gasteiger partial charge < -0.3 is 0 Å². The van der Waals surface area contributed by atoms with Crippen molar-refractivity contribution in [1.82, 2.24) is 0 Å². The maximum atomic E-state index is 13.7. The molecule has 0 aliphatic carbocycles. The normalized spacial score (nSPS) is 10.3. The minimum absolute atomic E-state index is 0.266. The van der Waals surface area contributed by atoms with Gasteiger partial charge in [0.25, 0.3) is 0 Å². The topological polar surface area (TPSA) is 17.1 Å². The van der Waals surface area contributed by atoms with E-state index in [2.05, 4.69) is 0 Å². The molecule has 0 radical (unpaired) electrons. The summed E-state index contributed by atoms with van der Waals surface area (Å²) in [7, 11) is 0. The van der Waals surface area contributed by atoms with E-state index in [-0.39, 0.29) is 10.6 Å². The Bertz CT molecular complexity index is 582. The van der Waals surface area contributed by atoms with Gasteiger partial charge in [-0.15, -0.1) is 0 Å². The third kappa shape index (κ3) is 2.33. The van der Waals surface area contributed by atoms with Crippen LogP contribution in [-0.4, -0.2) is 6.29 Å². The Kier molecular flexibility index (Phi) is 3.46. The summed E-state index contributed by atoms with van der Waals surface area (Å²) in [4.78, 5) is 10.7. The molecule has 0 aliphatic rings. The minimum Gasteiger partial charge on any atom is -0.298 e. The van der Waals surface area contributed by atoms with Gasteiger partial charge in [0.05, 0.1) is 10.0 Å². The van der Waals surface area contributed by atoms with Gasteiger partial charge in [-0.2, -0.15) is 0 Å². The quantitative estimate of drug-likeness (QED) is 0.727. The molecular formula is C13H7Cl2FO. The molecule has 2 aromatic rings. The monoisotopic (exact) mass is 268 g/mol. The van der Waals surface area contributed by atoms with Gasteiger partial charge in [0.1, 0.15) is 12.1 Å². The van der Waals surface area contributed by atoms with Gasteiger partial charge in [0, 0.05) is 16.7 Å². The van der Waals surface area contributed by atoms with Crippen LogP contribution in [0, 0.1) is 5.82 Å². The zero-order valence-corrected chi connectivity index (χ0v) is 10.1. The van der Waals surface area contributed by atoms with Gasteiger partial charge in [-0.05, 0) is 24.3 Å². The molecule has 2 aromatic carbocycles. The SMILES string of the molecule is O=Cc1ccc(F)c(-c2cccc(Cl)c2Cl)c1. The summed E-state index contributed by atoms with van der Waals surface area (Å²) >= 11 is 11.9. The van der Waals surface area contributed by atoms with Crippen molar-refractivity contribution in [3.8, 4) is 11.1 Å². The third-order valence-electron chi connectivity index (χ3n) is 2.37. The Morgan fingerprint density at radius 1 is 1.06 bits per heavy atom. The Labute approximate surface area is 108 Å². The van der Waals surface area contributed by atoms with Gasteiger partial charge >= 0.3 is 0 Å².